The Morgan fingerprint density at radius 3 is 2.86 bits per heavy atom. The number of nitrogens with zero attached hydrogens (tertiary/aromatic N) is 1. The van der Waals surface area contributed by atoms with Gasteiger partial charge in [0.05, 0.1) is 6.26 Å². The number of ketones is 1. The molecule has 0 saturated carbocycles. The lowest BCUT2D eigenvalue weighted by Gasteiger charge is -2.15. The molecule has 1 aliphatic rings. The van der Waals surface area contributed by atoms with Gasteiger partial charge >= 0.3 is 0 Å². The molecule has 0 aromatic carbocycles. The number of hydrogen-bond donors (Lipinski definition) is 1. The van der Waals surface area contributed by atoms with Crippen LogP contribution in [0.25, 0.3) is 0 Å². The molecule has 3 nitrogen and oxygen atoms in total. The fourth-order valence-electron chi connectivity index (χ4n) is 2.10. The number of carbonyl (C=O) groups is 1. The molecule has 0 radical (unpaired) electrons. The van der Waals surface area contributed by atoms with Crippen molar-refractivity contribution in [1.29, 1.82) is 0 Å². The predicted molar refractivity (Wildman–Crippen MR) is 53.5 cm³/mol. The van der Waals surface area contributed by atoms with Crippen LogP contribution >= 0.6 is 0 Å². The van der Waals surface area contributed by atoms with E-state index in [0.717, 1.165) is 29.5 Å². The standard InChI is InChI=1S/C11H13NO2/c1-7-5-12(2)9-4-3-8(6-13)11(14)10(7)9/h5-6,13H,3-4H2,1-2H3/b8-6+. The Bertz CT molecular complexity index is 427. The van der Waals surface area contributed by atoms with Crippen molar-refractivity contribution in [1.82, 2.24) is 4.57 Å². The van der Waals surface area contributed by atoms with Crippen LogP contribution in [0.3, 0.4) is 0 Å². The molecule has 3 heteroatoms. The van der Waals surface area contributed by atoms with Crippen molar-refractivity contribution >= 4 is 5.78 Å². The summed E-state index contributed by atoms with van der Waals surface area (Å²) in [4.78, 5) is 11.8. The average Bonchev–Trinajstić information content (AvgIpc) is 2.44. The highest BCUT2D eigenvalue weighted by Gasteiger charge is 2.26. The third-order valence-electron chi connectivity index (χ3n) is 2.80. The quantitative estimate of drug-likeness (QED) is 0.502. The first-order valence-electron chi connectivity index (χ1n) is 4.68. The maximum Gasteiger partial charge on any atom is 0.194 e. The summed E-state index contributed by atoms with van der Waals surface area (Å²) >= 11 is 0. The summed E-state index contributed by atoms with van der Waals surface area (Å²) < 4.78 is 2.00. The molecule has 0 unspecified atom stereocenters. The van der Waals surface area contributed by atoms with Gasteiger partial charge in [-0.3, -0.25) is 4.79 Å². The predicted octanol–water partition coefficient (Wildman–Crippen LogP) is 1.90. The maximum absolute atomic E-state index is 11.8. The van der Waals surface area contributed by atoms with E-state index in [1.54, 1.807) is 0 Å². The molecule has 0 aliphatic heterocycles. The van der Waals surface area contributed by atoms with Crippen molar-refractivity contribution in [3.63, 3.8) is 0 Å². The molecule has 0 spiro atoms. The van der Waals surface area contributed by atoms with Gasteiger partial charge in [0, 0.05) is 30.1 Å². The summed E-state index contributed by atoms with van der Waals surface area (Å²) in [6, 6.07) is 0. The number of hydrogen-bond acceptors (Lipinski definition) is 2. The molecule has 14 heavy (non-hydrogen) atoms. The summed E-state index contributed by atoms with van der Waals surface area (Å²) in [5.41, 5.74) is 3.37. The molecule has 0 atom stereocenters. The number of carbonyl (C=O) groups excluding carboxylic acids is 1. The van der Waals surface area contributed by atoms with E-state index < -0.39 is 0 Å². The fraction of sp³-hybridized carbons (Fsp3) is 0.364. The van der Waals surface area contributed by atoms with Crippen LogP contribution in [0.2, 0.25) is 0 Å². The van der Waals surface area contributed by atoms with Crippen LogP contribution in [0, 0.1) is 6.92 Å². The topological polar surface area (TPSA) is 42.2 Å². The number of rotatable bonds is 0. The number of allylic oxidation sites excluding steroid dienone is 1. The lowest BCUT2D eigenvalue weighted by molar-refractivity contribution is 0.102. The second-order valence-corrected chi connectivity index (χ2v) is 3.73. The van der Waals surface area contributed by atoms with E-state index in [9.17, 15) is 4.79 Å². The van der Waals surface area contributed by atoms with Gasteiger partial charge in [0.1, 0.15) is 0 Å². The molecule has 1 heterocycles. The van der Waals surface area contributed by atoms with Gasteiger partial charge in [-0.1, -0.05) is 0 Å². The largest absolute Gasteiger partial charge is 0.515 e. The monoisotopic (exact) mass is 191 g/mol. The zero-order chi connectivity index (χ0) is 10.3. The van der Waals surface area contributed by atoms with Crippen molar-refractivity contribution in [2.75, 3.05) is 0 Å². The van der Waals surface area contributed by atoms with E-state index in [1.807, 2.05) is 24.7 Å². The molecule has 1 aliphatic carbocycles. The highest BCUT2D eigenvalue weighted by molar-refractivity contribution is 6.11. The van der Waals surface area contributed by atoms with Gasteiger partial charge < -0.3 is 9.67 Å². The number of aliphatic hydroxyl groups is 1. The van der Waals surface area contributed by atoms with Gasteiger partial charge in [-0.05, 0) is 25.3 Å². The second kappa shape index (κ2) is 3.01. The van der Waals surface area contributed by atoms with Gasteiger partial charge in [0.15, 0.2) is 5.78 Å². The molecule has 1 aromatic heterocycles. The van der Waals surface area contributed by atoms with E-state index >= 15 is 0 Å². The number of Topliss-reactive ketones (excluding diaryl/α,β-unsaturated/α-hetero) is 1. The third kappa shape index (κ3) is 1.09. The minimum absolute atomic E-state index is 0.0214. The molecule has 1 N–H and O–H groups in total. The second-order valence-electron chi connectivity index (χ2n) is 3.73. The molecule has 74 valence electrons. The zero-order valence-electron chi connectivity index (χ0n) is 8.37. The minimum atomic E-state index is -0.0214. The smallest absolute Gasteiger partial charge is 0.194 e. The molecule has 0 bridgehead atoms. The number of aryl methyl sites for hydroxylation is 2. The van der Waals surface area contributed by atoms with E-state index in [1.165, 1.54) is 0 Å². The summed E-state index contributed by atoms with van der Waals surface area (Å²) in [5, 5.41) is 8.90. The van der Waals surface area contributed by atoms with Gasteiger partial charge in [-0.25, -0.2) is 0 Å². The van der Waals surface area contributed by atoms with Gasteiger partial charge in [0.2, 0.25) is 0 Å². The molecule has 1 aromatic rings. The average molecular weight is 191 g/mol. The zero-order valence-corrected chi connectivity index (χ0v) is 8.37. The Morgan fingerprint density at radius 2 is 2.21 bits per heavy atom. The molecule has 2 rings (SSSR count). The van der Waals surface area contributed by atoms with Crippen LogP contribution in [0.5, 0.6) is 0 Å². The highest BCUT2D eigenvalue weighted by atomic mass is 16.2. The number of aliphatic hydroxyl groups excluding tert-OH is 1. The fourth-order valence-corrected chi connectivity index (χ4v) is 2.10. The van der Waals surface area contributed by atoms with Crippen LogP contribution < -0.4 is 0 Å². The Morgan fingerprint density at radius 1 is 1.50 bits per heavy atom. The summed E-state index contributed by atoms with van der Waals surface area (Å²) in [7, 11) is 1.95. The van der Waals surface area contributed by atoms with Crippen LogP contribution in [-0.2, 0) is 13.5 Å². The lowest BCUT2D eigenvalue weighted by atomic mass is 9.90. The molecule has 0 saturated heterocycles. The van der Waals surface area contributed by atoms with E-state index in [0.29, 0.717) is 12.0 Å². The van der Waals surface area contributed by atoms with Crippen molar-refractivity contribution in [2.24, 2.45) is 7.05 Å². The number of aromatic nitrogens is 1. The van der Waals surface area contributed by atoms with E-state index in [2.05, 4.69) is 0 Å². The summed E-state index contributed by atoms with van der Waals surface area (Å²) in [6.45, 7) is 1.93. The van der Waals surface area contributed by atoms with Crippen molar-refractivity contribution in [3.8, 4) is 0 Å². The van der Waals surface area contributed by atoms with Crippen molar-refractivity contribution < 1.29 is 9.90 Å². The van der Waals surface area contributed by atoms with Crippen LogP contribution in [-0.4, -0.2) is 15.5 Å². The summed E-state index contributed by atoms with van der Waals surface area (Å²) in [6.07, 6.45) is 4.37. The number of fused-ring (bicyclic) bond motifs is 1. The van der Waals surface area contributed by atoms with E-state index in [-0.39, 0.29) is 5.78 Å². The van der Waals surface area contributed by atoms with Crippen molar-refractivity contribution in [3.05, 3.63) is 34.9 Å². The van der Waals surface area contributed by atoms with Gasteiger partial charge in [0.25, 0.3) is 0 Å². The van der Waals surface area contributed by atoms with Crippen molar-refractivity contribution in [2.45, 2.75) is 19.8 Å². The summed E-state index contributed by atoms with van der Waals surface area (Å²) in [5.74, 6) is -0.0214. The Balaban J connectivity index is 2.60. The SMILES string of the molecule is Cc1cn(C)c2c1C(=O)/C(=C/O)CC2. The first kappa shape index (κ1) is 9.06. The first-order chi connectivity index (χ1) is 6.65. The highest BCUT2D eigenvalue weighted by Crippen LogP contribution is 2.28. The Kier molecular flexibility index (Phi) is 1.95. The van der Waals surface area contributed by atoms with Gasteiger partial charge in [-0.15, -0.1) is 0 Å². The molecular formula is C11H13NO2. The molecule has 0 fully saturated rings. The Hall–Kier alpha value is -1.51. The lowest BCUT2D eigenvalue weighted by Crippen LogP contribution is -2.15. The van der Waals surface area contributed by atoms with Crippen LogP contribution in [0.4, 0.5) is 0 Å². The molecular weight excluding hydrogens is 178 g/mol. The normalized spacial score (nSPS) is 18.7. The van der Waals surface area contributed by atoms with Crippen LogP contribution in [0.1, 0.15) is 28.0 Å². The minimum Gasteiger partial charge on any atom is -0.515 e. The third-order valence-corrected chi connectivity index (χ3v) is 2.80. The van der Waals surface area contributed by atoms with E-state index in [4.69, 9.17) is 5.11 Å². The van der Waals surface area contributed by atoms with Crippen LogP contribution in [0.15, 0.2) is 18.0 Å². The first-order valence-corrected chi connectivity index (χ1v) is 4.68. The molecule has 0 amide bonds. The maximum atomic E-state index is 11.8. The van der Waals surface area contributed by atoms with Gasteiger partial charge in [-0.2, -0.15) is 0 Å². The Labute approximate surface area is 82.7 Å².